The van der Waals surface area contributed by atoms with Gasteiger partial charge in [-0.25, -0.2) is 0 Å². The molecule has 0 saturated heterocycles. The summed E-state index contributed by atoms with van der Waals surface area (Å²) in [6, 6.07) is 0. The fraction of sp³-hybridized carbons (Fsp3) is 1.00. The van der Waals surface area contributed by atoms with E-state index in [1.807, 2.05) is 0 Å². The van der Waals surface area contributed by atoms with Gasteiger partial charge in [-0.1, -0.05) is 0 Å². The van der Waals surface area contributed by atoms with Crippen LogP contribution in [-0.2, 0) is 4.74 Å². The molecule has 0 aromatic carbocycles. The molecule has 0 spiro atoms. The zero-order valence-corrected chi connectivity index (χ0v) is 10.4. The Kier molecular flexibility index (Phi) is 6.33. The molecule has 0 saturated carbocycles. The highest BCUT2D eigenvalue weighted by Crippen LogP contribution is 2.16. The molecule has 0 aromatic heterocycles. The summed E-state index contributed by atoms with van der Waals surface area (Å²) in [6.45, 7) is 7.47. The molecule has 1 atom stereocenters. The zero-order chi connectivity index (χ0) is 12.8. The van der Waals surface area contributed by atoms with Crippen LogP contribution in [0.25, 0.3) is 0 Å². The molecule has 0 aliphatic carbocycles. The van der Waals surface area contributed by atoms with Crippen LogP contribution >= 0.6 is 0 Å². The second kappa shape index (κ2) is 6.45. The van der Waals surface area contributed by atoms with Crippen molar-refractivity contribution in [1.29, 1.82) is 0 Å². The zero-order valence-electron chi connectivity index (χ0n) is 10.4. The van der Waals surface area contributed by atoms with Crippen LogP contribution in [-0.4, -0.2) is 31.0 Å². The number of nitrogens with one attached hydrogen (secondary N) is 1. The molecule has 0 radical (unpaired) electrons. The molecule has 16 heavy (non-hydrogen) atoms. The molecule has 5 heteroatoms. The first kappa shape index (κ1) is 15.7. The number of ether oxygens (including phenoxy) is 1. The van der Waals surface area contributed by atoms with Crippen molar-refractivity contribution in [2.75, 3.05) is 13.2 Å². The Bertz CT molecular complexity index is 187. The minimum absolute atomic E-state index is 0.0517. The van der Waals surface area contributed by atoms with Gasteiger partial charge in [0.05, 0.1) is 6.10 Å². The van der Waals surface area contributed by atoms with Crippen molar-refractivity contribution in [3.05, 3.63) is 0 Å². The van der Waals surface area contributed by atoms with Gasteiger partial charge in [-0.3, -0.25) is 0 Å². The van der Waals surface area contributed by atoms with Crippen molar-refractivity contribution < 1.29 is 17.9 Å². The van der Waals surface area contributed by atoms with E-state index in [9.17, 15) is 13.2 Å². The summed E-state index contributed by atoms with van der Waals surface area (Å²) in [7, 11) is 0. The summed E-state index contributed by atoms with van der Waals surface area (Å²) < 4.78 is 40.2. The summed E-state index contributed by atoms with van der Waals surface area (Å²) in [5, 5.41) is 3.27. The SMILES string of the molecule is CC(CCCNC(C)(C)C)OCC(F)(F)F. The van der Waals surface area contributed by atoms with E-state index in [1.54, 1.807) is 6.92 Å². The predicted molar refractivity (Wildman–Crippen MR) is 58.5 cm³/mol. The molecule has 0 aromatic rings. The highest BCUT2D eigenvalue weighted by Gasteiger charge is 2.28. The van der Waals surface area contributed by atoms with Gasteiger partial charge >= 0.3 is 6.18 Å². The maximum Gasteiger partial charge on any atom is 0.411 e. The van der Waals surface area contributed by atoms with Gasteiger partial charge in [0.1, 0.15) is 6.61 Å². The molecule has 0 aliphatic rings. The lowest BCUT2D eigenvalue weighted by Gasteiger charge is -2.21. The molecule has 0 aliphatic heterocycles. The molecular weight excluding hydrogens is 219 g/mol. The van der Waals surface area contributed by atoms with Gasteiger partial charge in [0.15, 0.2) is 0 Å². The van der Waals surface area contributed by atoms with E-state index in [1.165, 1.54) is 0 Å². The molecule has 0 bridgehead atoms. The third kappa shape index (κ3) is 11.8. The Morgan fingerprint density at radius 2 is 1.75 bits per heavy atom. The lowest BCUT2D eigenvalue weighted by Crippen LogP contribution is -2.36. The van der Waals surface area contributed by atoms with E-state index in [0.717, 1.165) is 13.0 Å². The first-order chi connectivity index (χ1) is 7.10. The fourth-order valence-electron chi connectivity index (χ4n) is 1.17. The van der Waals surface area contributed by atoms with Gasteiger partial charge in [0.2, 0.25) is 0 Å². The van der Waals surface area contributed by atoms with E-state index in [0.29, 0.717) is 6.42 Å². The Labute approximate surface area is 95.5 Å². The van der Waals surface area contributed by atoms with Gasteiger partial charge in [-0.15, -0.1) is 0 Å². The van der Waals surface area contributed by atoms with Crippen LogP contribution in [0, 0.1) is 0 Å². The first-order valence-electron chi connectivity index (χ1n) is 5.53. The Morgan fingerprint density at radius 3 is 2.19 bits per heavy atom. The summed E-state index contributed by atoms with van der Waals surface area (Å²) in [6.07, 6.45) is -3.11. The standard InChI is InChI=1S/C11H22F3NO/c1-9(16-8-11(12,13)14)6-5-7-15-10(2,3)4/h9,15H,5-8H2,1-4H3. The molecule has 0 amide bonds. The fourth-order valence-corrected chi connectivity index (χ4v) is 1.17. The number of halogens is 3. The first-order valence-corrected chi connectivity index (χ1v) is 5.53. The maximum atomic E-state index is 11.8. The van der Waals surface area contributed by atoms with Crippen molar-refractivity contribution in [2.45, 2.75) is 58.4 Å². The molecule has 1 N–H and O–H groups in total. The molecule has 0 fully saturated rings. The number of hydrogen-bond donors (Lipinski definition) is 1. The van der Waals surface area contributed by atoms with Crippen molar-refractivity contribution in [2.24, 2.45) is 0 Å². The highest BCUT2D eigenvalue weighted by atomic mass is 19.4. The summed E-state index contributed by atoms with van der Waals surface area (Å²) in [5.74, 6) is 0. The molecular formula is C11H22F3NO. The van der Waals surface area contributed by atoms with Crippen molar-refractivity contribution in [1.82, 2.24) is 5.32 Å². The van der Waals surface area contributed by atoms with Gasteiger partial charge in [-0.05, 0) is 47.1 Å². The number of alkyl halides is 3. The third-order valence-corrected chi connectivity index (χ3v) is 1.97. The lowest BCUT2D eigenvalue weighted by atomic mass is 10.1. The number of rotatable bonds is 6. The minimum atomic E-state index is -4.22. The molecule has 0 heterocycles. The van der Waals surface area contributed by atoms with Crippen molar-refractivity contribution >= 4 is 0 Å². The smallest absolute Gasteiger partial charge is 0.369 e. The Hall–Kier alpha value is -0.290. The Morgan fingerprint density at radius 1 is 1.19 bits per heavy atom. The minimum Gasteiger partial charge on any atom is -0.369 e. The van der Waals surface area contributed by atoms with E-state index in [2.05, 4.69) is 30.8 Å². The van der Waals surface area contributed by atoms with E-state index >= 15 is 0 Å². The van der Waals surface area contributed by atoms with Crippen LogP contribution in [0.15, 0.2) is 0 Å². The van der Waals surface area contributed by atoms with Gasteiger partial charge in [-0.2, -0.15) is 13.2 Å². The third-order valence-electron chi connectivity index (χ3n) is 1.97. The summed E-state index contributed by atoms with van der Waals surface area (Å²) >= 11 is 0. The summed E-state index contributed by atoms with van der Waals surface area (Å²) in [4.78, 5) is 0. The van der Waals surface area contributed by atoms with Crippen molar-refractivity contribution in [3.63, 3.8) is 0 Å². The van der Waals surface area contributed by atoms with Gasteiger partial charge in [0.25, 0.3) is 0 Å². The maximum absolute atomic E-state index is 11.8. The van der Waals surface area contributed by atoms with Crippen molar-refractivity contribution in [3.8, 4) is 0 Å². The normalized spacial score (nSPS) is 15.2. The van der Waals surface area contributed by atoms with Crippen LogP contribution in [0.2, 0.25) is 0 Å². The predicted octanol–water partition coefficient (Wildman–Crippen LogP) is 3.12. The molecule has 98 valence electrons. The highest BCUT2D eigenvalue weighted by molar-refractivity contribution is 4.70. The van der Waals surface area contributed by atoms with Crippen LogP contribution in [0.3, 0.4) is 0 Å². The topological polar surface area (TPSA) is 21.3 Å². The summed E-state index contributed by atoms with van der Waals surface area (Å²) in [5.41, 5.74) is 0.0517. The van der Waals surface area contributed by atoms with E-state index in [4.69, 9.17) is 0 Å². The van der Waals surface area contributed by atoms with Crippen LogP contribution < -0.4 is 5.32 Å². The molecule has 1 unspecified atom stereocenters. The quantitative estimate of drug-likeness (QED) is 0.721. The average molecular weight is 241 g/mol. The molecule has 2 nitrogen and oxygen atoms in total. The van der Waals surface area contributed by atoms with E-state index < -0.39 is 12.8 Å². The van der Waals surface area contributed by atoms with Crippen LogP contribution in [0.1, 0.15) is 40.5 Å². The second-order valence-electron chi connectivity index (χ2n) is 5.06. The molecule has 0 rings (SSSR count). The van der Waals surface area contributed by atoms with Gasteiger partial charge < -0.3 is 10.1 Å². The number of hydrogen-bond acceptors (Lipinski definition) is 2. The largest absolute Gasteiger partial charge is 0.411 e. The second-order valence-corrected chi connectivity index (χ2v) is 5.06. The van der Waals surface area contributed by atoms with Gasteiger partial charge in [0, 0.05) is 5.54 Å². The Balaban J connectivity index is 3.48. The van der Waals surface area contributed by atoms with Crippen LogP contribution in [0.4, 0.5) is 13.2 Å². The monoisotopic (exact) mass is 241 g/mol. The average Bonchev–Trinajstić information content (AvgIpc) is 2.06. The lowest BCUT2D eigenvalue weighted by molar-refractivity contribution is -0.184. The van der Waals surface area contributed by atoms with Crippen LogP contribution in [0.5, 0.6) is 0 Å². The van der Waals surface area contributed by atoms with E-state index in [-0.39, 0.29) is 11.6 Å².